The third-order valence-electron chi connectivity index (χ3n) is 3.01. The molecule has 2 atom stereocenters. The first-order valence-electron chi connectivity index (χ1n) is 6.41. The van der Waals surface area contributed by atoms with Crippen molar-refractivity contribution in [3.8, 4) is 0 Å². The average Bonchev–Trinajstić information content (AvgIpc) is 2.28. The molecule has 0 aromatic rings. The van der Waals surface area contributed by atoms with Crippen LogP contribution in [0.5, 0.6) is 0 Å². The van der Waals surface area contributed by atoms with E-state index in [1.165, 1.54) is 0 Å². The lowest BCUT2D eigenvalue weighted by molar-refractivity contribution is -0.141. The largest absolute Gasteiger partial charge is 0.460 e. The van der Waals surface area contributed by atoms with Crippen LogP contribution >= 0.6 is 0 Å². The van der Waals surface area contributed by atoms with Gasteiger partial charge in [0.05, 0.1) is 0 Å². The molecule has 0 aliphatic carbocycles. The molecule has 0 heterocycles. The smallest absolute Gasteiger partial charge is 0.333 e. The van der Waals surface area contributed by atoms with E-state index in [9.17, 15) is 4.79 Å². The summed E-state index contributed by atoms with van der Waals surface area (Å²) in [5.41, 5.74) is 0.386. The molecule has 0 aromatic carbocycles. The minimum absolute atomic E-state index is 0.0679. The van der Waals surface area contributed by atoms with Crippen LogP contribution in [0.15, 0.2) is 12.2 Å². The van der Waals surface area contributed by atoms with Gasteiger partial charge < -0.3 is 9.16 Å². The highest BCUT2D eigenvalue weighted by molar-refractivity contribution is 6.73. The lowest BCUT2D eigenvalue weighted by Crippen LogP contribution is -2.49. The molecule has 0 rings (SSSR count). The van der Waals surface area contributed by atoms with Crippen molar-refractivity contribution in [3.05, 3.63) is 12.2 Å². The molecule has 4 heteroatoms. The Morgan fingerprint density at radius 3 is 2.29 bits per heavy atom. The van der Waals surface area contributed by atoms with E-state index >= 15 is 0 Å². The molecule has 0 saturated carbocycles. The van der Waals surface area contributed by atoms with Crippen LogP contribution in [0.25, 0.3) is 0 Å². The topological polar surface area (TPSA) is 35.5 Å². The van der Waals surface area contributed by atoms with E-state index in [4.69, 9.17) is 9.16 Å². The van der Waals surface area contributed by atoms with Crippen LogP contribution in [0.1, 0.15) is 40.5 Å². The first-order valence-corrected chi connectivity index (χ1v) is 9.10. The number of carbonyl (C=O) groups excluding carboxylic acids is 1. The maximum absolute atomic E-state index is 11.6. The van der Waals surface area contributed by atoms with Crippen LogP contribution in [0.4, 0.5) is 0 Å². The van der Waals surface area contributed by atoms with Gasteiger partial charge in [-0.05, 0) is 32.9 Å². The molecule has 0 spiro atoms. The quantitative estimate of drug-likeness (QED) is 0.380. The Balaban J connectivity index is 4.79. The predicted molar refractivity (Wildman–Crippen MR) is 73.3 cm³/mol. The van der Waals surface area contributed by atoms with E-state index in [1.54, 1.807) is 6.92 Å². The standard InChI is InChI=1S/C13H26O3Si/c1-7-10-12(16-13(14)11(4)5)17(6,9-3)15-8-2/h12H,4,7-10H2,1-3,5-6H3. The summed E-state index contributed by atoms with van der Waals surface area (Å²) in [5.74, 6) is -0.296. The van der Waals surface area contributed by atoms with Crippen molar-refractivity contribution in [2.24, 2.45) is 0 Å². The Hall–Kier alpha value is -0.613. The number of hydrogen-bond acceptors (Lipinski definition) is 3. The maximum Gasteiger partial charge on any atom is 0.333 e. The van der Waals surface area contributed by atoms with Crippen LogP contribution in [0.2, 0.25) is 12.6 Å². The Kier molecular flexibility index (Phi) is 7.39. The second-order valence-electron chi connectivity index (χ2n) is 4.56. The Labute approximate surface area is 106 Å². The summed E-state index contributed by atoms with van der Waals surface area (Å²) in [7, 11) is -1.97. The third kappa shape index (κ3) is 5.04. The first-order chi connectivity index (χ1) is 7.91. The lowest BCUT2D eigenvalue weighted by Gasteiger charge is -2.33. The Bertz CT molecular complexity index is 265. The zero-order valence-electron chi connectivity index (χ0n) is 11.8. The van der Waals surface area contributed by atoms with E-state index in [0.29, 0.717) is 12.2 Å². The molecule has 0 N–H and O–H groups in total. The van der Waals surface area contributed by atoms with Gasteiger partial charge in [-0.3, -0.25) is 0 Å². The average molecular weight is 258 g/mol. The van der Waals surface area contributed by atoms with Gasteiger partial charge in [-0.15, -0.1) is 0 Å². The highest BCUT2D eigenvalue weighted by Gasteiger charge is 2.39. The van der Waals surface area contributed by atoms with E-state index in [2.05, 4.69) is 27.0 Å². The lowest BCUT2D eigenvalue weighted by atomic mass is 10.3. The van der Waals surface area contributed by atoms with E-state index in [-0.39, 0.29) is 11.7 Å². The first kappa shape index (κ1) is 16.4. The molecule has 3 nitrogen and oxygen atoms in total. The fraction of sp³-hybridized carbons (Fsp3) is 0.769. The second kappa shape index (κ2) is 7.66. The number of carbonyl (C=O) groups is 1. The van der Waals surface area contributed by atoms with E-state index < -0.39 is 8.32 Å². The molecule has 17 heavy (non-hydrogen) atoms. The summed E-state index contributed by atoms with van der Waals surface area (Å²) in [6, 6.07) is 0.953. The highest BCUT2D eigenvalue weighted by atomic mass is 28.4. The van der Waals surface area contributed by atoms with Crippen molar-refractivity contribution >= 4 is 14.3 Å². The maximum atomic E-state index is 11.6. The van der Waals surface area contributed by atoms with Crippen molar-refractivity contribution in [1.82, 2.24) is 0 Å². The van der Waals surface area contributed by atoms with Crippen molar-refractivity contribution in [3.63, 3.8) is 0 Å². The van der Waals surface area contributed by atoms with Gasteiger partial charge in [-0.1, -0.05) is 26.8 Å². The second-order valence-corrected chi connectivity index (χ2v) is 8.83. The van der Waals surface area contributed by atoms with Crippen molar-refractivity contribution in [2.75, 3.05) is 6.61 Å². The highest BCUT2D eigenvalue weighted by Crippen LogP contribution is 2.23. The van der Waals surface area contributed by atoms with E-state index in [0.717, 1.165) is 18.9 Å². The molecule has 0 fully saturated rings. The van der Waals surface area contributed by atoms with Crippen LogP contribution in [0.3, 0.4) is 0 Å². The van der Waals surface area contributed by atoms with Gasteiger partial charge in [-0.25, -0.2) is 4.79 Å². The number of ether oxygens (including phenoxy) is 1. The fourth-order valence-electron chi connectivity index (χ4n) is 1.73. The molecule has 2 unspecified atom stereocenters. The summed E-state index contributed by atoms with van der Waals surface area (Å²) < 4.78 is 11.5. The molecule has 0 aromatic heterocycles. The molecule has 0 radical (unpaired) electrons. The number of hydrogen-bond donors (Lipinski definition) is 0. The third-order valence-corrected chi connectivity index (χ3v) is 7.13. The van der Waals surface area contributed by atoms with Crippen LogP contribution in [-0.2, 0) is 14.0 Å². The van der Waals surface area contributed by atoms with Crippen molar-refractivity contribution in [1.29, 1.82) is 0 Å². The van der Waals surface area contributed by atoms with Gasteiger partial charge >= 0.3 is 5.97 Å². The summed E-state index contributed by atoms with van der Waals surface area (Å²) in [5, 5.41) is 0. The summed E-state index contributed by atoms with van der Waals surface area (Å²) in [6.07, 6.45) is 1.86. The molecule has 100 valence electrons. The molecule has 0 saturated heterocycles. The minimum atomic E-state index is -1.97. The normalized spacial score (nSPS) is 16.1. The van der Waals surface area contributed by atoms with Gasteiger partial charge in [0.2, 0.25) is 8.32 Å². The van der Waals surface area contributed by atoms with Crippen molar-refractivity contribution in [2.45, 2.75) is 58.9 Å². The summed E-state index contributed by atoms with van der Waals surface area (Å²) >= 11 is 0. The fourth-order valence-corrected chi connectivity index (χ4v) is 4.49. The molecule has 0 amide bonds. The zero-order valence-corrected chi connectivity index (χ0v) is 12.8. The van der Waals surface area contributed by atoms with Crippen LogP contribution in [0, 0.1) is 0 Å². The Morgan fingerprint density at radius 1 is 1.35 bits per heavy atom. The molecular weight excluding hydrogens is 232 g/mol. The van der Waals surface area contributed by atoms with Crippen molar-refractivity contribution < 1.29 is 14.0 Å². The van der Waals surface area contributed by atoms with Gasteiger partial charge in [0.25, 0.3) is 0 Å². The Morgan fingerprint density at radius 2 is 1.94 bits per heavy atom. The molecule has 0 aliphatic rings. The van der Waals surface area contributed by atoms with Gasteiger partial charge in [0.1, 0.15) is 5.73 Å². The van der Waals surface area contributed by atoms with Gasteiger partial charge in [0, 0.05) is 12.2 Å². The molecule has 0 bridgehead atoms. The monoisotopic (exact) mass is 258 g/mol. The number of esters is 1. The van der Waals surface area contributed by atoms with Gasteiger partial charge in [0.15, 0.2) is 0 Å². The molecular formula is C13H26O3Si. The molecule has 0 aliphatic heterocycles. The van der Waals surface area contributed by atoms with Gasteiger partial charge in [-0.2, -0.15) is 0 Å². The predicted octanol–water partition coefficient (Wildman–Crippen LogP) is 3.45. The minimum Gasteiger partial charge on any atom is -0.460 e. The zero-order chi connectivity index (χ0) is 13.5. The van der Waals surface area contributed by atoms with Crippen LogP contribution in [-0.4, -0.2) is 26.6 Å². The summed E-state index contributed by atoms with van der Waals surface area (Å²) in [4.78, 5) is 11.6. The summed E-state index contributed by atoms with van der Waals surface area (Å²) in [6.45, 7) is 14.3. The van der Waals surface area contributed by atoms with Crippen LogP contribution < -0.4 is 0 Å². The number of rotatable bonds is 8. The SMILES string of the molecule is C=C(C)C(=O)OC(CCC)[Si](C)(CC)OCC. The van der Waals surface area contributed by atoms with E-state index in [1.807, 2.05) is 6.92 Å².